The standard InChI is InChI=1S/C20H21ClN2O3/c1-14(15-7-9-18(25-2)10-8-15)22-20(26-3)12-11-19(24)23-17-6-4-5-16(21)13-17/h4-10,13H,1,11-12H2,2-3H3,(H,23,24)/b22-20-. The van der Waals surface area contributed by atoms with Crippen molar-refractivity contribution >= 4 is 34.8 Å². The smallest absolute Gasteiger partial charge is 0.224 e. The molecule has 0 aliphatic heterocycles. The summed E-state index contributed by atoms with van der Waals surface area (Å²) in [5.41, 5.74) is 2.06. The second-order valence-electron chi connectivity index (χ2n) is 5.44. The monoisotopic (exact) mass is 372 g/mol. The lowest BCUT2D eigenvalue weighted by atomic mass is 10.1. The fourth-order valence-electron chi connectivity index (χ4n) is 2.21. The first-order chi connectivity index (χ1) is 12.5. The lowest BCUT2D eigenvalue weighted by Crippen LogP contribution is -2.14. The number of rotatable bonds is 7. The van der Waals surface area contributed by atoms with Gasteiger partial charge in [0.25, 0.3) is 0 Å². The highest BCUT2D eigenvalue weighted by Crippen LogP contribution is 2.19. The minimum Gasteiger partial charge on any atom is -0.497 e. The van der Waals surface area contributed by atoms with Crippen molar-refractivity contribution in [1.29, 1.82) is 0 Å². The first-order valence-electron chi connectivity index (χ1n) is 8.02. The minimum atomic E-state index is -0.146. The molecule has 0 unspecified atom stereocenters. The third kappa shape index (κ3) is 5.93. The molecule has 6 heteroatoms. The molecule has 0 saturated heterocycles. The highest BCUT2D eigenvalue weighted by atomic mass is 35.5. The van der Waals surface area contributed by atoms with E-state index in [1.54, 1.807) is 31.4 Å². The maximum Gasteiger partial charge on any atom is 0.224 e. The van der Waals surface area contributed by atoms with Crippen LogP contribution in [0.15, 0.2) is 60.1 Å². The molecule has 2 aromatic carbocycles. The summed E-state index contributed by atoms with van der Waals surface area (Å²) in [5, 5.41) is 3.36. The molecule has 0 bridgehead atoms. The van der Waals surface area contributed by atoms with Gasteiger partial charge in [0.2, 0.25) is 5.91 Å². The van der Waals surface area contributed by atoms with Crippen LogP contribution in [0.25, 0.3) is 5.70 Å². The van der Waals surface area contributed by atoms with E-state index < -0.39 is 0 Å². The molecule has 136 valence electrons. The second-order valence-corrected chi connectivity index (χ2v) is 5.88. The van der Waals surface area contributed by atoms with Gasteiger partial charge in [0.15, 0.2) is 5.90 Å². The molecule has 0 spiro atoms. The summed E-state index contributed by atoms with van der Waals surface area (Å²) in [6.45, 7) is 3.95. The Labute approximate surface area is 158 Å². The normalized spacial score (nSPS) is 11.0. The Morgan fingerprint density at radius 3 is 2.50 bits per heavy atom. The maximum atomic E-state index is 12.1. The number of hydrogen-bond donors (Lipinski definition) is 1. The van der Waals surface area contributed by atoms with Gasteiger partial charge in [0.05, 0.1) is 19.9 Å². The van der Waals surface area contributed by atoms with Crippen LogP contribution in [0.3, 0.4) is 0 Å². The number of anilines is 1. The third-order valence-electron chi connectivity index (χ3n) is 3.59. The molecular weight excluding hydrogens is 352 g/mol. The van der Waals surface area contributed by atoms with Crippen molar-refractivity contribution in [2.75, 3.05) is 19.5 Å². The highest BCUT2D eigenvalue weighted by molar-refractivity contribution is 6.30. The van der Waals surface area contributed by atoms with Crippen LogP contribution in [0.2, 0.25) is 5.02 Å². The average molecular weight is 373 g/mol. The second kappa shape index (κ2) is 9.63. The number of nitrogens with one attached hydrogen (secondary N) is 1. The van der Waals surface area contributed by atoms with Gasteiger partial charge in [-0.05, 0) is 48.0 Å². The number of halogens is 1. The molecule has 0 aliphatic rings. The maximum absolute atomic E-state index is 12.1. The number of carbonyl (C=O) groups is 1. The third-order valence-corrected chi connectivity index (χ3v) is 3.83. The van der Waals surface area contributed by atoms with Gasteiger partial charge in [-0.2, -0.15) is 0 Å². The number of methoxy groups -OCH3 is 2. The molecule has 2 rings (SSSR count). The van der Waals surface area contributed by atoms with E-state index >= 15 is 0 Å². The summed E-state index contributed by atoms with van der Waals surface area (Å²) < 4.78 is 10.4. The molecule has 5 nitrogen and oxygen atoms in total. The molecule has 1 amide bonds. The lowest BCUT2D eigenvalue weighted by molar-refractivity contribution is -0.116. The van der Waals surface area contributed by atoms with Gasteiger partial charge in [-0.25, -0.2) is 4.99 Å². The summed E-state index contributed by atoms with van der Waals surface area (Å²) in [6, 6.07) is 14.4. The largest absolute Gasteiger partial charge is 0.497 e. The number of ether oxygens (including phenoxy) is 2. The molecular formula is C20H21ClN2O3. The number of amides is 1. The molecule has 0 saturated carbocycles. The van der Waals surface area contributed by atoms with E-state index in [0.717, 1.165) is 11.3 Å². The highest BCUT2D eigenvalue weighted by Gasteiger charge is 2.08. The lowest BCUT2D eigenvalue weighted by Gasteiger charge is -2.08. The van der Waals surface area contributed by atoms with Crippen molar-refractivity contribution in [3.05, 3.63) is 65.7 Å². The van der Waals surface area contributed by atoms with Crippen LogP contribution >= 0.6 is 11.6 Å². The van der Waals surface area contributed by atoms with Crippen LogP contribution in [0, 0.1) is 0 Å². The summed E-state index contributed by atoms with van der Waals surface area (Å²) in [5.74, 6) is 1.05. The van der Waals surface area contributed by atoms with Crippen LogP contribution < -0.4 is 10.1 Å². The van der Waals surface area contributed by atoms with Crippen molar-refractivity contribution in [1.82, 2.24) is 0 Å². The van der Waals surface area contributed by atoms with E-state index in [9.17, 15) is 4.79 Å². The van der Waals surface area contributed by atoms with Crippen molar-refractivity contribution in [3.63, 3.8) is 0 Å². The van der Waals surface area contributed by atoms with Crippen molar-refractivity contribution < 1.29 is 14.3 Å². The number of carbonyl (C=O) groups excluding carboxylic acids is 1. The predicted octanol–water partition coefficient (Wildman–Crippen LogP) is 4.78. The van der Waals surface area contributed by atoms with Gasteiger partial charge in [0.1, 0.15) is 5.75 Å². The average Bonchev–Trinajstić information content (AvgIpc) is 2.65. The molecule has 0 aromatic heterocycles. The minimum absolute atomic E-state index is 0.146. The Bertz CT molecular complexity index is 801. The molecule has 0 aliphatic carbocycles. The Morgan fingerprint density at radius 1 is 1.15 bits per heavy atom. The summed E-state index contributed by atoms with van der Waals surface area (Å²) in [6.07, 6.45) is 0.590. The number of nitrogens with zero attached hydrogens (tertiary/aromatic N) is 1. The zero-order chi connectivity index (χ0) is 18.9. The Hall–Kier alpha value is -2.79. The van der Waals surface area contributed by atoms with Crippen molar-refractivity contribution in [2.45, 2.75) is 12.8 Å². The first kappa shape index (κ1) is 19.5. The van der Waals surface area contributed by atoms with Crippen LogP contribution in [0.1, 0.15) is 18.4 Å². The van der Waals surface area contributed by atoms with E-state index in [1.807, 2.05) is 24.3 Å². The fourth-order valence-corrected chi connectivity index (χ4v) is 2.40. The zero-order valence-electron chi connectivity index (χ0n) is 14.8. The van der Waals surface area contributed by atoms with Gasteiger partial charge < -0.3 is 14.8 Å². The van der Waals surface area contributed by atoms with Gasteiger partial charge >= 0.3 is 0 Å². The fraction of sp³-hybridized carbons (Fsp3) is 0.200. The molecule has 26 heavy (non-hydrogen) atoms. The van der Waals surface area contributed by atoms with Crippen molar-refractivity contribution in [2.24, 2.45) is 4.99 Å². The molecule has 2 aromatic rings. The SMILES string of the molecule is C=C(/N=C(/CCC(=O)Nc1cccc(Cl)c1)OC)c1ccc(OC)cc1. The predicted molar refractivity (Wildman–Crippen MR) is 106 cm³/mol. The molecule has 0 heterocycles. The summed E-state index contributed by atoms with van der Waals surface area (Å²) >= 11 is 5.90. The van der Waals surface area contributed by atoms with Gasteiger partial charge in [-0.15, -0.1) is 0 Å². The molecule has 0 fully saturated rings. The van der Waals surface area contributed by atoms with E-state index in [0.29, 0.717) is 28.7 Å². The molecule has 0 radical (unpaired) electrons. The molecule has 1 N–H and O–H groups in total. The Balaban J connectivity index is 1.93. The van der Waals surface area contributed by atoms with Crippen LogP contribution in [-0.2, 0) is 9.53 Å². The first-order valence-corrected chi connectivity index (χ1v) is 8.40. The van der Waals surface area contributed by atoms with Gasteiger partial charge in [-0.1, -0.05) is 24.2 Å². The van der Waals surface area contributed by atoms with E-state index in [-0.39, 0.29) is 12.3 Å². The quantitative estimate of drug-likeness (QED) is 0.561. The van der Waals surface area contributed by atoms with Crippen LogP contribution in [0.4, 0.5) is 5.69 Å². The Kier molecular flexibility index (Phi) is 7.24. The number of benzene rings is 2. The summed E-state index contributed by atoms with van der Waals surface area (Å²) in [7, 11) is 3.13. The van der Waals surface area contributed by atoms with Gasteiger partial charge in [-0.3, -0.25) is 4.79 Å². The van der Waals surface area contributed by atoms with Crippen molar-refractivity contribution in [3.8, 4) is 5.75 Å². The number of aliphatic imine (C=N–C) groups is 1. The zero-order valence-corrected chi connectivity index (χ0v) is 15.5. The molecule has 0 atom stereocenters. The van der Waals surface area contributed by atoms with Crippen LogP contribution in [0.5, 0.6) is 5.75 Å². The summed E-state index contributed by atoms with van der Waals surface area (Å²) in [4.78, 5) is 16.4. The Morgan fingerprint density at radius 2 is 1.88 bits per heavy atom. The number of hydrogen-bond acceptors (Lipinski definition) is 4. The van der Waals surface area contributed by atoms with Gasteiger partial charge in [0, 0.05) is 23.6 Å². The van der Waals surface area contributed by atoms with E-state index in [2.05, 4.69) is 16.9 Å². The van der Waals surface area contributed by atoms with E-state index in [1.165, 1.54) is 7.11 Å². The van der Waals surface area contributed by atoms with Crippen LogP contribution in [-0.4, -0.2) is 26.0 Å². The topological polar surface area (TPSA) is 59.9 Å². The van der Waals surface area contributed by atoms with E-state index in [4.69, 9.17) is 21.1 Å².